The predicted molar refractivity (Wildman–Crippen MR) is 77.5 cm³/mol. The zero-order valence-electron chi connectivity index (χ0n) is 11.4. The Balaban J connectivity index is 2.39. The molecule has 0 amide bonds. The largest absolute Gasteiger partial charge is 0.378 e. The van der Waals surface area contributed by atoms with E-state index in [1.54, 1.807) is 19.1 Å². The Hall–Kier alpha value is -2.74. The van der Waals surface area contributed by atoms with Crippen LogP contribution in [-0.2, 0) is 10.1 Å². The zero-order chi connectivity index (χ0) is 16.3. The number of nitro groups is 1. The molecule has 7 nitrogen and oxygen atoms in total. The van der Waals surface area contributed by atoms with Crippen LogP contribution in [0, 0.1) is 17.0 Å². The van der Waals surface area contributed by atoms with Gasteiger partial charge in [0, 0.05) is 12.1 Å². The summed E-state index contributed by atoms with van der Waals surface area (Å²) in [4.78, 5) is 20.9. The molecular formula is C14H11NO6S. The van der Waals surface area contributed by atoms with Crippen molar-refractivity contribution in [3.8, 4) is 5.75 Å². The third-order valence-corrected chi connectivity index (χ3v) is 4.09. The number of carbonyl (C=O) groups is 1. The Morgan fingerprint density at radius 2 is 1.77 bits per heavy atom. The van der Waals surface area contributed by atoms with Crippen LogP contribution in [0.4, 0.5) is 5.69 Å². The summed E-state index contributed by atoms with van der Waals surface area (Å²) in [5, 5.41) is 10.6. The normalized spacial score (nSPS) is 11.0. The van der Waals surface area contributed by atoms with Crippen LogP contribution in [-0.4, -0.2) is 19.6 Å². The van der Waals surface area contributed by atoms with Gasteiger partial charge in [0.05, 0.1) is 10.5 Å². The SMILES string of the molecule is Cc1ccc(S(=O)(=O)Oc2ccc([N+](=O)[O-])cc2C=O)cc1. The first-order valence-corrected chi connectivity index (χ1v) is 7.49. The molecule has 22 heavy (non-hydrogen) atoms. The second-order valence-corrected chi connectivity index (χ2v) is 5.99. The molecule has 0 aliphatic rings. The minimum atomic E-state index is -4.12. The molecule has 8 heteroatoms. The summed E-state index contributed by atoms with van der Waals surface area (Å²) < 4.78 is 29.2. The van der Waals surface area contributed by atoms with Crippen LogP contribution in [0.25, 0.3) is 0 Å². The van der Waals surface area contributed by atoms with E-state index in [1.165, 1.54) is 12.1 Å². The standard InChI is InChI=1S/C14H11NO6S/c1-10-2-5-13(6-3-10)22(19,20)21-14-7-4-12(15(17)18)8-11(14)9-16/h2-9H,1H3. The van der Waals surface area contributed by atoms with Crippen molar-refractivity contribution in [1.82, 2.24) is 0 Å². The van der Waals surface area contributed by atoms with Crippen LogP contribution in [0.1, 0.15) is 15.9 Å². The van der Waals surface area contributed by atoms with Crippen LogP contribution < -0.4 is 4.18 Å². The number of non-ortho nitro benzene ring substituents is 1. The van der Waals surface area contributed by atoms with Crippen molar-refractivity contribution in [2.24, 2.45) is 0 Å². The number of benzene rings is 2. The van der Waals surface area contributed by atoms with Gasteiger partial charge in [-0.05, 0) is 25.1 Å². The van der Waals surface area contributed by atoms with Gasteiger partial charge in [-0.1, -0.05) is 17.7 Å². The van der Waals surface area contributed by atoms with Gasteiger partial charge in [0.15, 0.2) is 12.0 Å². The van der Waals surface area contributed by atoms with Crippen LogP contribution in [0.15, 0.2) is 47.4 Å². The summed E-state index contributed by atoms with van der Waals surface area (Å²) in [6, 6.07) is 9.04. The van der Waals surface area contributed by atoms with E-state index in [1.807, 2.05) is 0 Å². The molecule has 0 saturated carbocycles. The smallest absolute Gasteiger partial charge is 0.339 e. The second-order valence-electron chi connectivity index (χ2n) is 4.45. The fourth-order valence-corrected chi connectivity index (χ4v) is 2.64. The molecule has 0 atom stereocenters. The maximum atomic E-state index is 12.1. The lowest BCUT2D eigenvalue weighted by atomic mass is 10.2. The van der Waals surface area contributed by atoms with Gasteiger partial charge in [0.1, 0.15) is 4.90 Å². The van der Waals surface area contributed by atoms with Crippen molar-refractivity contribution in [2.75, 3.05) is 0 Å². The molecular weight excluding hydrogens is 310 g/mol. The molecule has 0 aliphatic heterocycles. The lowest BCUT2D eigenvalue weighted by Crippen LogP contribution is -2.11. The van der Waals surface area contributed by atoms with E-state index < -0.39 is 15.0 Å². The van der Waals surface area contributed by atoms with E-state index in [0.29, 0.717) is 6.29 Å². The third-order valence-electron chi connectivity index (χ3n) is 2.84. The number of nitro benzene ring substituents is 1. The Morgan fingerprint density at radius 1 is 1.14 bits per heavy atom. The number of hydrogen-bond acceptors (Lipinski definition) is 6. The summed E-state index contributed by atoms with van der Waals surface area (Å²) in [6.45, 7) is 1.80. The van der Waals surface area contributed by atoms with Crippen LogP contribution in [0.2, 0.25) is 0 Å². The van der Waals surface area contributed by atoms with E-state index in [2.05, 4.69) is 0 Å². The predicted octanol–water partition coefficient (Wildman–Crippen LogP) is 2.48. The lowest BCUT2D eigenvalue weighted by molar-refractivity contribution is -0.384. The highest BCUT2D eigenvalue weighted by Gasteiger charge is 2.20. The first-order chi connectivity index (χ1) is 10.3. The molecule has 0 spiro atoms. The highest BCUT2D eigenvalue weighted by Crippen LogP contribution is 2.26. The van der Waals surface area contributed by atoms with Crippen molar-refractivity contribution < 1.29 is 22.3 Å². The Bertz CT molecular complexity index is 827. The van der Waals surface area contributed by atoms with Gasteiger partial charge in [-0.3, -0.25) is 14.9 Å². The van der Waals surface area contributed by atoms with Crippen molar-refractivity contribution in [3.05, 3.63) is 63.7 Å². The van der Waals surface area contributed by atoms with Gasteiger partial charge in [0.25, 0.3) is 5.69 Å². The number of aldehydes is 1. The Labute approximate surface area is 126 Å². The van der Waals surface area contributed by atoms with Crippen molar-refractivity contribution in [3.63, 3.8) is 0 Å². The highest BCUT2D eigenvalue weighted by atomic mass is 32.2. The topological polar surface area (TPSA) is 104 Å². The van der Waals surface area contributed by atoms with Gasteiger partial charge in [-0.25, -0.2) is 0 Å². The van der Waals surface area contributed by atoms with Gasteiger partial charge < -0.3 is 4.18 Å². The van der Waals surface area contributed by atoms with E-state index >= 15 is 0 Å². The number of aryl methyl sites for hydroxylation is 1. The molecule has 0 unspecified atom stereocenters. The van der Waals surface area contributed by atoms with E-state index in [4.69, 9.17) is 4.18 Å². The van der Waals surface area contributed by atoms with Gasteiger partial charge in [0.2, 0.25) is 0 Å². The zero-order valence-corrected chi connectivity index (χ0v) is 12.2. The maximum Gasteiger partial charge on any atom is 0.339 e. The molecule has 0 aromatic heterocycles. The molecule has 114 valence electrons. The summed E-state index contributed by atoms with van der Waals surface area (Å²) in [5.41, 5.74) is 0.329. The fraction of sp³-hybridized carbons (Fsp3) is 0.0714. The third kappa shape index (κ3) is 3.29. The average molecular weight is 321 g/mol. The van der Waals surface area contributed by atoms with E-state index in [9.17, 15) is 23.3 Å². The highest BCUT2D eigenvalue weighted by molar-refractivity contribution is 7.87. The van der Waals surface area contributed by atoms with Crippen LogP contribution >= 0.6 is 0 Å². The molecule has 0 heterocycles. The van der Waals surface area contributed by atoms with Crippen molar-refractivity contribution in [2.45, 2.75) is 11.8 Å². The summed E-state index contributed by atoms with van der Waals surface area (Å²) >= 11 is 0. The number of rotatable bonds is 5. The molecule has 2 rings (SSSR count). The average Bonchev–Trinajstić information content (AvgIpc) is 2.47. The fourth-order valence-electron chi connectivity index (χ4n) is 1.69. The number of carbonyl (C=O) groups excluding carboxylic acids is 1. The van der Waals surface area contributed by atoms with Crippen molar-refractivity contribution in [1.29, 1.82) is 0 Å². The van der Waals surface area contributed by atoms with E-state index in [-0.39, 0.29) is 21.9 Å². The quantitative estimate of drug-likeness (QED) is 0.363. The summed E-state index contributed by atoms with van der Waals surface area (Å²) in [6.07, 6.45) is 0.299. The molecule has 0 aliphatic carbocycles. The first kappa shape index (κ1) is 15.6. The lowest BCUT2D eigenvalue weighted by Gasteiger charge is -2.09. The molecule has 0 saturated heterocycles. The molecule has 0 radical (unpaired) electrons. The van der Waals surface area contributed by atoms with E-state index in [0.717, 1.165) is 23.8 Å². The summed E-state index contributed by atoms with van der Waals surface area (Å²) in [5.74, 6) is -0.263. The van der Waals surface area contributed by atoms with Crippen LogP contribution in [0.5, 0.6) is 5.75 Å². The van der Waals surface area contributed by atoms with Gasteiger partial charge >= 0.3 is 10.1 Å². The minimum Gasteiger partial charge on any atom is -0.378 e. The molecule has 2 aromatic carbocycles. The molecule has 0 bridgehead atoms. The number of nitrogens with zero attached hydrogens (tertiary/aromatic N) is 1. The molecule has 0 fully saturated rings. The maximum absolute atomic E-state index is 12.1. The van der Waals surface area contributed by atoms with Gasteiger partial charge in [-0.15, -0.1) is 0 Å². The first-order valence-electron chi connectivity index (χ1n) is 6.08. The minimum absolute atomic E-state index is 0.0756. The number of hydrogen-bond donors (Lipinski definition) is 0. The van der Waals surface area contributed by atoms with Gasteiger partial charge in [-0.2, -0.15) is 8.42 Å². The van der Waals surface area contributed by atoms with Crippen LogP contribution in [0.3, 0.4) is 0 Å². The Kier molecular flexibility index (Phi) is 4.22. The molecule has 0 N–H and O–H groups in total. The van der Waals surface area contributed by atoms with Crippen molar-refractivity contribution >= 4 is 22.1 Å². The molecule has 2 aromatic rings. The summed E-state index contributed by atoms with van der Waals surface area (Å²) in [7, 11) is -4.12. The second kappa shape index (κ2) is 5.94. The Morgan fingerprint density at radius 3 is 2.32 bits per heavy atom. The monoisotopic (exact) mass is 321 g/mol.